The maximum absolute atomic E-state index is 10.7. The smallest absolute Gasteiger partial charge is 0.336 e. The van der Waals surface area contributed by atoms with E-state index in [1.165, 1.54) is 0 Å². The predicted octanol–water partition coefficient (Wildman–Crippen LogP) is -0.543. The number of carbonyl (C=O) groups is 2. The Kier molecular flexibility index (Phi) is 4.84. The second-order valence-electron chi connectivity index (χ2n) is 1.89. The van der Waals surface area contributed by atoms with Crippen LogP contribution in [-0.2, 0) is 19.1 Å². The van der Waals surface area contributed by atoms with Gasteiger partial charge < -0.3 is 14.6 Å². The molecule has 0 radical (unpaired) electrons. The summed E-state index contributed by atoms with van der Waals surface area (Å²) in [5.41, 5.74) is 0. The van der Waals surface area contributed by atoms with Crippen LogP contribution in [0.15, 0.2) is 0 Å². The summed E-state index contributed by atoms with van der Waals surface area (Å²) in [4.78, 5) is 20.3. The van der Waals surface area contributed by atoms with Gasteiger partial charge in [-0.25, -0.2) is 4.79 Å². The molecule has 5 nitrogen and oxygen atoms in total. The van der Waals surface area contributed by atoms with Gasteiger partial charge in [0.25, 0.3) is 0 Å². The van der Waals surface area contributed by atoms with Gasteiger partial charge >= 0.3 is 11.9 Å². The van der Waals surface area contributed by atoms with Crippen LogP contribution in [-0.4, -0.2) is 42.2 Å². The third kappa shape index (κ3) is 2.78. The van der Waals surface area contributed by atoms with Gasteiger partial charge in [-0.3, -0.25) is 4.79 Å². The van der Waals surface area contributed by atoms with Crippen molar-refractivity contribution in [3.8, 4) is 0 Å². The summed E-state index contributed by atoms with van der Waals surface area (Å²) in [7, 11) is 2.27. The SMILES string of the molecule is COC(=O)[C@@H](O)[C@@H](Br)C(=O)OC. The Morgan fingerprint density at radius 1 is 1.25 bits per heavy atom. The van der Waals surface area contributed by atoms with Crippen LogP contribution in [0.3, 0.4) is 0 Å². The number of ether oxygens (including phenoxy) is 2. The minimum Gasteiger partial charge on any atom is -0.468 e. The highest BCUT2D eigenvalue weighted by Crippen LogP contribution is 2.08. The highest BCUT2D eigenvalue weighted by molar-refractivity contribution is 9.10. The first-order valence-electron chi connectivity index (χ1n) is 3.02. The van der Waals surface area contributed by atoms with Crippen molar-refractivity contribution in [2.75, 3.05) is 14.2 Å². The molecular weight excluding hydrogens is 232 g/mol. The Morgan fingerprint density at radius 3 is 2.00 bits per heavy atom. The summed E-state index contributed by atoms with van der Waals surface area (Å²) in [6, 6.07) is 0. The van der Waals surface area contributed by atoms with Crippen LogP contribution < -0.4 is 0 Å². The van der Waals surface area contributed by atoms with E-state index in [9.17, 15) is 9.59 Å². The minimum atomic E-state index is -1.54. The maximum Gasteiger partial charge on any atom is 0.336 e. The molecule has 1 N–H and O–H groups in total. The molecule has 0 bridgehead atoms. The minimum absolute atomic E-state index is 0.729. The van der Waals surface area contributed by atoms with Crippen molar-refractivity contribution in [3.05, 3.63) is 0 Å². The molecule has 0 aliphatic rings. The number of aliphatic hydroxyl groups excluding tert-OH is 1. The van der Waals surface area contributed by atoms with Gasteiger partial charge in [0.2, 0.25) is 0 Å². The summed E-state index contributed by atoms with van der Waals surface area (Å²) in [6.07, 6.45) is -1.54. The van der Waals surface area contributed by atoms with Crippen molar-refractivity contribution < 1.29 is 24.2 Å². The molecule has 0 fully saturated rings. The number of carbonyl (C=O) groups excluding carboxylic acids is 2. The molecule has 12 heavy (non-hydrogen) atoms. The van der Waals surface area contributed by atoms with E-state index in [-0.39, 0.29) is 0 Å². The lowest BCUT2D eigenvalue weighted by Gasteiger charge is -2.12. The molecule has 0 aliphatic carbocycles. The van der Waals surface area contributed by atoms with Crippen molar-refractivity contribution in [3.63, 3.8) is 0 Å². The number of rotatable bonds is 3. The Morgan fingerprint density at radius 2 is 1.67 bits per heavy atom. The summed E-state index contributed by atoms with van der Waals surface area (Å²) in [5, 5.41) is 9.07. The average molecular weight is 241 g/mol. The summed E-state index contributed by atoms with van der Waals surface area (Å²) >= 11 is 2.78. The van der Waals surface area contributed by atoms with Crippen LogP contribution in [0.25, 0.3) is 0 Å². The van der Waals surface area contributed by atoms with E-state index >= 15 is 0 Å². The zero-order valence-electron chi connectivity index (χ0n) is 6.61. The Labute approximate surface area is 77.8 Å². The van der Waals surface area contributed by atoms with Gasteiger partial charge in [0.05, 0.1) is 14.2 Å². The van der Waals surface area contributed by atoms with E-state index in [1.54, 1.807) is 0 Å². The summed E-state index contributed by atoms with van der Waals surface area (Å²) in [5.74, 6) is -1.62. The third-order valence-electron chi connectivity index (χ3n) is 1.15. The first kappa shape index (κ1) is 11.4. The van der Waals surface area contributed by atoms with Crippen molar-refractivity contribution in [1.29, 1.82) is 0 Å². The van der Waals surface area contributed by atoms with Crippen molar-refractivity contribution in [2.45, 2.75) is 10.9 Å². The topological polar surface area (TPSA) is 72.8 Å². The molecule has 0 aliphatic heterocycles. The van der Waals surface area contributed by atoms with Gasteiger partial charge in [0.1, 0.15) is 4.83 Å². The van der Waals surface area contributed by atoms with Crippen LogP contribution in [0, 0.1) is 0 Å². The molecule has 0 aromatic heterocycles. The van der Waals surface area contributed by atoms with E-state index < -0.39 is 22.9 Å². The largest absolute Gasteiger partial charge is 0.468 e. The Bertz CT molecular complexity index is 161. The number of hydrogen-bond acceptors (Lipinski definition) is 5. The van der Waals surface area contributed by atoms with Gasteiger partial charge in [0, 0.05) is 0 Å². The fourth-order valence-corrected chi connectivity index (χ4v) is 0.884. The molecule has 0 aromatic rings. The number of halogens is 1. The van der Waals surface area contributed by atoms with E-state index in [0.717, 1.165) is 14.2 Å². The van der Waals surface area contributed by atoms with Gasteiger partial charge in [-0.05, 0) is 0 Å². The quantitative estimate of drug-likeness (QED) is 0.530. The molecule has 0 spiro atoms. The number of alkyl halides is 1. The van der Waals surface area contributed by atoms with Crippen molar-refractivity contribution >= 4 is 27.9 Å². The lowest BCUT2D eigenvalue weighted by atomic mass is 10.2. The molecule has 0 saturated carbocycles. The van der Waals surface area contributed by atoms with Crippen LogP contribution in [0.5, 0.6) is 0 Å². The lowest BCUT2D eigenvalue weighted by Crippen LogP contribution is -2.36. The summed E-state index contributed by atoms with van der Waals surface area (Å²) in [6.45, 7) is 0. The highest BCUT2D eigenvalue weighted by Gasteiger charge is 2.31. The van der Waals surface area contributed by atoms with Crippen LogP contribution >= 0.6 is 15.9 Å². The Hall–Kier alpha value is -0.620. The fraction of sp³-hybridized carbons (Fsp3) is 0.667. The van der Waals surface area contributed by atoms with E-state index in [1.807, 2.05) is 0 Å². The second kappa shape index (κ2) is 5.10. The molecule has 0 aromatic carbocycles. The van der Waals surface area contributed by atoms with E-state index in [0.29, 0.717) is 0 Å². The maximum atomic E-state index is 10.7. The number of esters is 2. The third-order valence-corrected chi connectivity index (χ3v) is 2.02. The molecule has 0 amide bonds. The van der Waals surface area contributed by atoms with Gasteiger partial charge in [-0.15, -0.1) is 0 Å². The first-order valence-corrected chi connectivity index (χ1v) is 3.94. The van der Waals surface area contributed by atoms with Gasteiger partial charge in [-0.1, -0.05) is 15.9 Å². The monoisotopic (exact) mass is 240 g/mol. The molecule has 0 saturated heterocycles. The zero-order chi connectivity index (χ0) is 9.72. The van der Waals surface area contributed by atoms with Crippen LogP contribution in [0.2, 0.25) is 0 Å². The molecule has 70 valence electrons. The molecule has 2 atom stereocenters. The predicted molar refractivity (Wildman–Crippen MR) is 42.8 cm³/mol. The zero-order valence-corrected chi connectivity index (χ0v) is 8.20. The van der Waals surface area contributed by atoms with Crippen molar-refractivity contribution in [1.82, 2.24) is 0 Å². The first-order chi connectivity index (χ1) is 5.54. The average Bonchev–Trinajstić information content (AvgIpc) is 2.12. The van der Waals surface area contributed by atoms with E-state index in [2.05, 4.69) is 25.4 Å². The Balaban J connectivity index is 4.18. The van der Waals surface area contributed by atoms with E-state index in [4.69, 9.17) is 5.11 Å². The standard InChI is InChI=1S/C6H9BrO5/c1-11-5(9)3(7)4(8)6(10)12-2/h3-4,8H,1-2H3/t3-,4+/m1/s1. The van der Waals surface area contributed by atoms with Gasteiger partial charge in [-0.2, -0.15) is 0 Å². The molecule has 0 rings (SSSR count). The molecule has 0 unspecified atom stereocenters. The normalized spacial score (nSPS) is 14.7. The highest BCUT2D eigenvalue weighted by atomic mass is 79.9. The molecular formula is C6H9BrO5. The second-order valence-corrected chi connectivity index (χ2v) is 2.88. The fourth-order valence-electron chi connectivity index (χ4n) is 0.482. The molecule has 0 heterocycles. The summed E-state index contributed by atoms with van der Waals surface area (Å²) < 4.78 is 8.48. The van der Waals surface area contributed by atoms with Crippen LogP contribution in [0.4, 0.5) is 0 Å². The number of aliphatic hydroxyl groups is 1. The van der Waals surface area contributed by atoms with Crippen molar-refractivity contribution in [2.24, 2.45) is 0 Å². The lowest BCUT2D eigenvalue weighted by molar-refractivity contribution is -0.155. The van der Waals surface area contributed by atoms with Crippen LogP contribution in [0.1, 0.15) is 0 Å². The van der Waals surface area contributed by atoms with Gasteiger partial charge in [0.15, 0.2) is 6.10 Å². The number of hydrogen-bond donors (Lipinski definition) is 1. The molecule has 6 heteroatoms. The number of methoxy groups -OCH3 is 2.